The number of nitrogens with zero attached hydrogens (tertiary/aromatic N) is 1. The van der Waals surface area contributed by atoms with Crippen LogP contribution in [0.15, 0.2) is 0 Å². The number of carboxylic acids is 1. The van der Waals surface area contributed by atoms with Crippen molar-refractivity contribution in [2.24, 2.45) is 11.8 Å². The fourth-order valence-electron chi connectivity index (χ4n) is 2.39. The molecule has 1 N–H and O–H groups in total. The number of carbonyl (C=O) groups excluding carboxylic acids is 1. The van der Waals surface area contributed by atoms with Crippen molar-refractivity contribution in [2.75, 3.05) is 19.7 Å². The summed E-state index contributed by atoms with van der Waals surface area (Å²) >= 11 is 0. The van der Waals surface area contributed by atoms with Crippen LogP contribution in [0.4, 0.5) is 13.2 Å². The second-order valence-corrected chi connectivity index (χ2v) is 7.44. The Morgan fingerprint density at radius 2 is 1.91 bits per heavy atom. The van der Waals surface area contributed by atoms with Crippen molar-refractivity contribution in [3.8, 4) is 0 Å². The number of hydrogen-bond acceptors (Lipinski definition) is 5. The number of carbonyl (C=O) groups is 2. The van der Waals surface area contributed by atoms with Crippen molar-refractivity contribution >= 4 is 22.0 Å². The van der Waals surface area contributed by atoms with Crippen LogP contribution in [0.5, 0.6) is 0 Å². The largest absolute Gasteiger partial charge is 0.481 e. The molecule has 1 saturated heterocycles. The van der Waals surface area contributed by atoms with Gasteiger partial charge < -0.3 is 9.84 Å². The van der Waals surface area contributed by atoms with Gasteiger partial charge in [-0.25, -0.2) is 12.7 Å². The number of aliphatic carboxylic acids is 1. The molecule has 23 heavy (non-hydrogen) atoms. The molecular weight excluding hydrogens is 343 g/mol. The number of halogens is 3. The first-order valence-corrected chi connectivity index (χ1v) is 8.35. The van der Waals surface area contributed by atoms with E-state index in [9.17, 15) is 31.2 Å². The number of ether oxygens (including phenoxy) is 1. The Kier molecular flexibility index (Phi) is 6.02. The normalized spacial score (nSPS) is 24.4. The second kappa shape index (κ2) is 7.04. The van der Waals surface area contributed by atoms with Crippen molar-refractivity contribution in [1.82, 2.24) is 4.31 Å². The molecule has 0 aliphatic carbocycles. The minimum atomic E-state index is -5.17. The summed E-state index contributed by atoms with van der Waals surface area (Å²) < 4.78 is 68.6. The Hall–Kier alpha value is -1.36. The van der Waals surface area contributed by atoms with Gasteiger partial charge >= 0.3 is 18.1 Å². The molecule has 0 spiro atoms. The molecule has 0 radical (unpaired) electrons. The van der Waals surface area contributed by atoms with Gasteiger partial charge in [-0.1, -0.05) is 6.92 Å². The van der Waals surface area contributed by atoms with Gasteiger partial charge in [-0.05, 0) is 12.8 Å². The first-order valence-electron chi connectivity index (χ1n) is 6.85. The van der Waals surface area contributed by atoms with E-state index in [1.165, 1.54) is 13.8 Å². The third-order valence-corrected chi connectivity index (χ3v) is 5.81. The summed E-state index contributed by atoms with van der Waals surface area (Å²) in [5.74, 6) is -4.26. The van der Waals surface area contributed by atoms with Crippen LogP contribution in [-0.4, -0.2) is 60.9 Å². The summed E-state index contributed by atoms with van der Waals surface area (Å²) in [5, 5.41) is 6.01. The third kappa shape index (κ3) is 4.56. The Bertz CT molecular complexity index is 562. The van der Waals surface area contributed by atoms with E-state index in [2.05, 4.69) is 4.74 Å². The standard InChI is InChI=1S/C12H18F3NO6S/c1-3-22-10(17)4-9(12(13,14)15)23(20,21)16-5-7(2)8(6-16)11(18)19/h7-9H,3-6H2,1-2H3,(H,18,19)/t7-,8-,9?/m1/s1. The van der Waals surface area contributed by atoms with Crippen LogP contribution in [0.2, 0.25) is 0 Å². The molecule has 134 valence electrons. The van der Waals surface area contributed by atoms with E-state index in [-0.39, 0.29) is 13.2 Å². The number of carboxylic acid groups (broad SMARTS) is 1. The smallest absolute Gasteiger partial charge is 0.407 e. The van der Waals surface area contributed by atoms with Crippen molar-refractivity contribution in [3.63, 3.8) is 0 Å². The van der Waals surface area contributed by atoms with E-state index in [4.69, 9.17) is 5.11 Å². The van der Waals surface area contributed by atoms with E-state index >= 15 is 0 Å². The fourth-order valence-corrected chi connectivity index (χ4v) is 4.25. The lowest BCUT2D eigenvalue weighted by atomic mass is 9.99. The van der Waals surface area contributed by atoms with Gasteiger partial charge in [0.15, 0.2) is 5.25 Å². The molecule has 3 atom stereocenters. The lowest BCUT2D eigenvalue weighted by molar-refractivity contribution is -0.155. The topological polar surface area (TPSA) is 101 Å². The SMILES string of the molecule is CCOC(=O)CC(C(F)(F)F)S(=O)(=O)N1C[C@@H](C)[C@H](C(=O)O)C1. The van der Waals surface area contributed by atoms with Gasteiger partial charge in [-0.2, -0.15) is 13.2 Å². The molecule has 0 aromatic carbocycles. The molecule has 1 unspecified atom stereocenters. The minimum absolute atomic E-state index is 0.175. The first kappa shape index (κ1) is 19.7. The van der Waals surface area contributed by atoms with Crippen LogP contribution in [0.3, 0.4) is 0 Å². The molecule has 0 aromatic rings. The molecule has 1 aliphatic rings. The zero-order chi connectivity index (χ0) is 18.0. The molecule has 0 amide bonds. The van der Waals surface area contributed by atoms with Crippen LogP contribution < -0.4 is 0 Å². The third-order valence-electron chi connectivity index (χ3n) is 3.64. The Morgan fingerprint density at radius 1 is 1.35 bits per heavy atom. The molecule has 7 nitrogen and oxygen atoms in total. The van der Waals surface area contributed by atoms with Gasteiger partial charge in [0.1, 0.15) is 0 Å². The van der Waals surface area contributed by atoms with E-state index in [0.29, 0.717) is 4.31 Å². The summed E-state index contributed by atoms with van der Waals surface area (Å²) in [6, 6.07) is 0. The van der Waals surface area contributed by atoms with Crippen molar-refractivity contribution in [2.45, 2.75) is 31.7 Å². The van der Waals surface area contributed by atoms with Crippen LogP contribution >= 0.6 is 0 Å². The fraction of sp³-hybridized carbons (Fsp3) is 0.833. The van der Waals surface area contributed by atoms with E-state index in [0.717, 1.165) is 0 Å². The quantitative estimate of drug-likeness (QED) is 0.704. The highest BCUT2D eigenvalue weighted by Crippen LogP contribution is 2.34. The average molecular weight is 361 g/mol. The maximum atomic E-state index is 13.1. The van der Waals surface area contributed by atoms with Crippen molar-refractivity contribution in [3.05, 3.63) is 0 Å². The van der Waals surface area contributed by atoms with Gasteiger partial charge in [0, 0.05) is 13.1 Å². The summed E-state index contributed by atoms with van der Waals surface area (Å²) in [7, 11) is -4.93. The Morgan fingerprint density at radius 3 is 2.30 bits per heavy atom. The van der Waals surface area contributed by atoms with Gasteiger partial charge in [0.2, 0.25) is 10.0 Å². The van der Waals surface area contributed by atoms with Crippen LogP contribution in [0.1, 0.15) is 20.3 Å². The molecule has 1 aliphatic heterocycles. The molecule has 0 bridgehead atoms. The number of rotatable bonds is 6. The lowest BCUT2D eigenvalue weighted by Gasteiger charge is -2.25. The van der Waals surface area contributed by atoms with Crippen molar-refractivity contribution < 1.29 is 41.0 Å². The number of hydrogen-bond donors (Lipinski definition) is 1. The zero-order valence-corrected chi connectivity index (χ0v) is 13.4. The summed E-state index contributed by atoms with van der Waals surface area (Å²) in [6.07, 6.45) is -6.53. The van der Waals surface area contributed by atoms with Crippen molar-refractivity contribution in [1.29, 1.82) is 0 Å². The molecule has 11 heteroatoms. The van der Waals surface area contributed by atoms with E-state index in [1.54, 1.807) is 0 Å². The van der Waals surface area contributed by atoms with Crippen LogP contribution in [0, 0.1) is 11.8 Å². The summed E-state index contributed by atoms with van der Waals surface area (Å²) in [5.41, 5.74) is 0. The van der Waals surface area contributed by atoms with Gasteiger partial charge in [0.05, 0.1) is 18.9 Å². The van der Waals surface area contributed by atoms with Gasteiger partial charge in [-0.15, -0.1) is 0 Å². The van der Waals surface area contributed by atoms with E-state index in [1.807, 2.05) is 0 Å². The number of sulfonamides is 1. The van der Waals surface area contributed by atoms with Gasteiger partial charge in [0.25, 0.3) is 0 Å². The summed E-state index contributed by atoms with van der Waals surface area (Å²) in [6.45, 7) is 1.77. The predicted octanol–water partition coefficient (Wildman–Crippen LogP) is 0.853. The minimum Gasteiger partial charge on any atom is -0.481 e. The maximum Gasteiger partial charge on any atom is 0.407 e. The number of alkyl halides is 3. The monoisotopic (exact) mass is 361 g/mol. The molecule has 1 fully saturated rings. The average Bonchev–Trinajstić information content (AvgIpc) is 2.78. The Labute approximate surface area is 131 Å². The second-order valence-electron chi connectivity index (χ2n) is 5.32. The van der Waals surface area contributed by atoms with Crippen LogP contribution in [0.25, 0.3) is 0 Å². The van der Waals surface area contributed by atoms with E-state index < -0.39 is 58.2 Å². The van der Waals surface area contributed by atoms with Gasteiger partial charge in [-0.3, -0.25) is 9.59 Å². The molecule has 1 rings (SSSR count). The Balaban J connectivity index is 3.05. The predicted molar refractivity (Wildman–Crippen MR) is 71.9 cm³/mol. The molecule has 0 aromatic heterocycles. The maximum absolute atomic E-state index is 13.1. The highest BCUT2D eigenvalue weighted by atomic mass is 32.2. The highest BCUT2D eigenvalue weighted by Gasteiger charge is 2.54. The van der Waals surface area contributed by atoms with Crippen LogP contribution in [-0.2, 0) is 24.3 Å². The lowest BCUT2D eigenvalue weighted by Crippen LogP contribution is -2.46. The summed E-state index contributed by atoms with van der Waals surface area (Å²) in [4.78, 5) is 22.3. The zero-order valence-electron chi connectivity index (χ0n) is 12.5. The first-order chi connectivity index (χ1) is 10.4. The number of esters is 1. The molecule has 1 heterocycles. The molecular formula is C12H18F3NO6S. The highest BCUT2D eigenvalue weighted by molar-refractivity contribution is 7.89. The molecule has 0 saturated carbocycles.